The second-order valence-electron chi connectivity index (χ2n) is 4.72. The zero-order valence-electron chi connectivity index (χ0n) is 11.7. The highest BCUT2D eigenvalue weighted by atomic mass is 35.5. The van der Waals surface area contributed by atoms with Crippen molar-refractivity contribution in [1.82, 2.24) is 0 Å². The Hall–Kier alpha value is -1.97. The molecule has 3 aromatic carbocycles. The predicted octanol–water partition coefficient (Wildman–Crippen LogP) is 5.84. The molecule has 0 spiro atoms. The van der Waals surface area contributed by atoms with E-state index in [-0.39, 0.29) is 6.61 Å². The molecular formula is C17H12Cl2O3. The molecule has 0 heterocycles. The summed E-state index contributed by atoms with van der Waals surface area (Å²) in [6.45, 7) is 1.97. The van der Waals surface area contributed by atoms with Gasteiger partial charge in [-0.1, -0.05) is 29.3 Å². The van der Waals surface area contributed by atoms with Gasteiger partial charge < -0.3 is 9.47 Å². The Labute approximate surface area is 137 Å². The standard InChI is InChI=1S/C17H12Cl2O3/c1-2-21-17(20)22-16-14-6-5-12(18)8-11(14)7-10-3-4-13(19)9-15(10)16/h3-9H,2H2,1H3. The Morgan fingerprint density at radius 2 is 1.68 bits per heavy atom. The fourth-order valence-electron chi connectivity index (χ4n) is 2.36. The third-order valence-electron chi connectivity index (χ3n) is 3.28. The summed E-state index contributed by atoms with van der Waals surface area (Å²) >= 11 is 12.1. The maximum Gasteiger partial charge on any atom is 0.513 e. The van der Waals surface area contributed by atoms with Crippen LogP contribution in [0.5, 0.6) is 5.75 Å². The van der Waals surface area contributed by atoms with Crippen molar-refractivity contribution < 1.29 is 14.3 Å². The lowest BCUT2D eigenvalue weighted by Crippen LogP contribution is -2.10. The van der Waals surface area contributed by atoms with E-state index in [9.17, 15) is 4.79 Å². The maximum absolute atomic E-state index is 11.7. The third-order valence-corrected chi connectivity index (χ3v) is 3.75. The fraction of sp³-hybridized carbons (Fsp3) is 0.118. The lowest BCUT2D eigenvalue weighted by atomic mass is 10.0. The summed E-state index contributed by atoms with van der Waals surface area (Å²) < 4.78 is 10.3. The monoisotopic (exact) mass is 334 g/mol. The van der Waals surface area contributed by atoms with Gasteiger partial charge in [-0.15, -0.1) is 0 Å². The second-order valence-corrected chi connectivity index (χ2v) is 5.59. The number of rotatable bonds is 2. The van der Waals surface area contributed by atoms with Crippen LogP contribution < -0.4 is 4.74 Å². The maximum atomic E-state index is 11.7. The molecule has 0 radical (unpaired) electrons. The lowest BCUT2D eigenvalue weighted by Gasteiger charge is -2.12. The smallest absolute Gasteiger partial charge is 0.434 e. The molecule has 0 amide bonds. The molecule has 0 unspecified atom stereocenters. The highest BCUT2D eigenvalue weighted by molar-refractivity contribution is 6.32. The van der Waals surface area contributed by atoms with E-state index >= 15 is 0 Å². The molecule has 3 rings (SSSR count). The Balaban J connectivity index is 2.30. The number of hydrogen-bond donors (Lipinski definition) is 0. The molecule has 112 valence electrons. The molecule has 3 nitrogen and oxygen atoms in total. The van der Waals surface area contributed by atoms with Crippen molar-refractivity contribution >= 4 is 50.9 Å². The lowest BCUT2D eigenvalue weighted by molar-refractivity contribution is 0.105. The summed E-state index contributed by atoms with van der Waals surface area (Å²) in [5.74, 6) is 0.421. The molecule has 0 aliphatic carbocycles. The van der Waals surface area contributed by atoms with Crippen molar-refractivity contribution in [1.29, 1.82) is 0 Å². The van der Waals surface area contributed by atoms with Crippen LogP contribution in [0.25, 0.3) is 21.5 Å². The van der Waals surface area contributed by atoms with E-state index in [1.807, 2.05) is 24.3 Å². The minimum Gasteiger partial charge on any atom is -0.434 e. The first-order valence-electron chi connectivity index (χ1n) is 6.74. The van der Waals surface area contributed by atoms with Gasteiger partial charge in [0.25, 0.3) is 0 Å². The van der Waals surface area contributed by atoms with Gasteiger partial charge in [-0.25, -0.2) is 4.79 Å². The molecule has 5 heteroatoms. The summed E-state index contributed by atoms with van der Waals surface area (Å²) in [4.78, 5) is 11.7. The van der Waals surface area contributed by atoms with E-state index in [0.29, 0.717) is 15.8 Å². The van der Waals surface area contributed by atoms with Crippen LogP contribution in [-0.2, 0) is 4.74 Å². The third kappa shape index (κ3) is 2.82. The van der Waals surface area contributed by atoms with E-state index in [2.05, 4.69) is 0 Å². The van der Waals surface area contributed by atoms with E-state index < -0.39 is 6.16 Å². The number of carbonyl (C=O) groups is 1. The van der Waals surface area contributed by atoms with Crippen molar-refractivity contribution in [3.05, 3.63) is 52.5 Å². The number of fused-ring (bicyclic) bond motifs is 2. The van der Waals surface area contributed by atoms with Crippen molar-refractivity contribution in [2.24, 2.45) is 0 Å². The Bertz CT molecular complexity index is 875. The topological polar surface area (TPSA) is 35.5 Å². The number of benzene rings is 3. The van der Waals surface area contributed by atoms with E-state index in [1.165, 1.54) is 0 Å². The van der Waals surface area contributed by atoms with Gasteiger partial charge >= 0.3 is 6.16 Å². The van der Waals surface area contributed by atoms with Crippen LogP contribution in [0, 0.1) is 0 Å². The normalized spacial score (nSPS) is 10.9. The number of hydrogen-bond acceptors (Lipinski definition) is 3. The summed E-state index contributed by atoms with van der Waals surface area (Å²) in [6, 6.07) is 12.8. The zero-order chi connectivity index (χ0) is 15.7. The molecule has 0 saturated carbocycles. The van der Waals surface area contributed by atoms with Gasteiger partial charge in [-0.2, -0.15) is 0 Å². The Kier molecular flexibility index (Phi) is 4.10. The molecule has 0 aliphatic heterocycles. The first-order valence-corrected chi connectivity index (χ1v) is 7.50. The quantitative estimate of drug-likeness (QED) is 0.335. The molecule has 22 heavy (non-hydrogen) atoms. The SMILES string of the molecule is CCOC(=O)Oc1c2ccc(Cl)cc2cc2ccc(Cl)cc12. The van der Waals surface area contributed by atoms with Crippen molar-refractivity contribution in [3.63, 3.8) is 0 Å². The highest BCUT2D eigenvalue weighted by Gasteiger charge is 2.14. The van der Waals surface area contributed by atoms with Crippen LogP contribution in [0.3, 0.4) is 0 Å². The van der Waals surface area contributed by atoms with Gasteiger partial charge in [0.15, 0.2) is 0 Å². The molecule has 3 aromatic rings. The molecule has 0 aromatic heterocycles. The first kappa shape index (κ1) is 14.9. The van der Waals surface area contributed by atoms with Gasteiger partial charge in [0.2, 0.25) is 0 Å². The fourth-order valence-corrected chi connectivity index (χ4v) is 2.72. The summed E-state index contributed by atoms with van der Waals surface area (Å²) in [5.41, 5.74) is 0. The molecule has 0 fully saturated rings. The average Bonchev–Trinajstić information content (AvgIpc) is 2.47. The summed E-state index contributed by atoms with van der Waals surface area (Å²) in [6.07, 6.45) is -0.744. The van der Waals surface area contributed by atoms with Gasteiger partial charge in [0.05, 0.1) is 6.61 Å². The van der Waals surface area contributed by atoms with Crippen molar-refractivity contribution in [2.45, 2.75) is 6.92 Å². The van der Waals surface area contributed by atoms with Crippen molar-refractivity contribution in [2.75, 3.05) is 6.61 Å². The summed E-state index contributed by atoms with van der Waals surface area (Å²) in [5, 5.41) is 4.47. The van der Waals surface area contributed by atoms with Gasteiger partial charge in [-0.05, 0) is 54.1 Å². The molecule has 0 N–H and O–H groups in total. The average molecular weight is 335 g/mol. The van der Waals surface area contributed by atoms with E-state index in [1.54, 1.807) is 25.1 Å². The van der Waals surface area contributed by atoms with Gasteiger partial charge in [0, 0.05) is 20.8 Å². The Morgan fingerprint density at radius 3 is 2.45 bits per heavy atom. The first-order chi connectivity index (χ1) is 10.6. The van der Waals surface area contributed by atoms with Crippen molar-refractivity contribution in [3.8, 4) is 5.75 Å². The second kappa shape index (κ2) is 6.03. The molecule has 0 bridgehead atoms. The van der Waals surface area contributed by atoms with Crippen LogP contribution in [0.1, 0.15) is 6.92 Å². The van der Waals surface area contributed by atoms with Crippen LogP contribution >= 0.6 is 23.2 Å². The van der Waals surface area contributed by atoms with E-state index in [4.69, 9.17) is 32.7 Å². The van der Waals surface area contributed by atoms with Crippen LogP contribution in [0.15, 0.2) is 42.5 Å². The number of ether oxygens (including phenoxy) is 2. The Morgan fingerprint density at radius 1 is 0.955 bits per heavy atom. The molecule has 0 aliphatic rings. The molecular weight excluding hydrogens is 323 g/mol. The van der Waals surface area contributed by atoms with Crippen LogP contribution in [0.2, 0.25) is 10.0 Å². The van der Waals surface area contributed by atoms with E-state index in [0.717, 1.165) is 21.5 Å². The minimum absolute atomic E-state index is 0.244. The predicted molar refractivity (Wildman–Crippen MR) is 89.1 cm³/mol. The minimum atomic E-state index is -0.744. The summed E-state index contributed by atoms with van der Waals surface area (Å²) in [7, 11) is 0. The zero-order valence-corrected chi connectivity index (χ0v) is 13.2. The molecule has 0 saturated heterocycles. The highest BCUT2D eigenvalue weighted by Crippen LogP contribution is 2.37. The number of carbonyl (C=O) groups excluding carboxylic acids is 1. The largest absolute Gasteiger partial charge is 0.513 e. The number of halogens is 2. The van der Waals surface area contributed by atoms with Crippen LogP contribution in [-0.4, -0.2) is 12.8 Å². The van der Waals surface area contributed by atoms with Gasteiger partial charge in [0.1, 0.15) is 5.75 Å². The van der Waals surface area contributed by atoms with Gasteiger partial charge in [-0.3, -0.25) is 0 Å². The molecule has 0 atom stereocenters. The van der Waals surface area contributed by atoms with Crippen LogP contribution in [0.4, 0.5) is 4.79 Å².